The van der Waals surface area contributed by atoms with Crippen LogP contribution in [0.4, 0.5) is 4.39 Å². The molecule has 0 aliphatic carbocycles. The van der Waals surface area contributed by atoms with Crippen LogP contribution in [0.3, 0.4) is 0 Å². The van der Waals surface area contributed by atoms with E-state index in [2.05, 4.69) is 36.5 Å². The minimum absolute atomic E-state index is 0.118. The molecule has 1 heterocycles. The van der Waals surface area contributed by atoms with Crippen molar-refractivity contribution >= 4 is 5.71 Å². The Hall–Kier alpha value is -2.98. The molecule has 142 valence electrons. The molecule has 0 spiro atoms. The van der Waals surface area contributed by atoms with Crippen molar-refractivity contribution in [3.05, 3.63) is 101 Å². The fraction of sp³-hybridized carbons (Fsp3) is 0.208. The number of nitrogens with zero attached hydrogens (tertiary/aromatic N) is 1. The Morgan fingerprint density at radius 2 is 1.82 bits per heavy atom. The first-order valence-corrected chi connectivity index (χ1v) is 9.59. The number of rotatable bonds is 4. The van der Waals surface area contributed by atoms with Crippen LogP contribution in [0, 0.1) is 5.82 Å². The summed E-state index contributed by atoms with van der Waals surface area (Å²) < 4.78 is 13.8. The molecular weight excluding hydrogens is 351 g/mol. The van der Waals surface area contributed by atoms with Crippen molar-refractivity contribution in [3.63, 3.8) is 0 Å². The number of hydrogen-bond acceptors (Lipinski definition) is 3. The molecule has 1 aliphatic heterocycles. The second kappa shape index (κ2) is 7.95. The molecule has 0 amide bonds. The van der Waals surface area contributed by atoms with Crippen molar-refractivity contribution in [3.8, 4) is 5.75 Å². The van der Waals surface area contributed by atoms with Gasteiger partial charge in [-0.3, -0.25) is 10.3 Å². The highest BCUT2D eigenvalue weighted by Crippen LogP contribution is 2.34. The third kappa shape index (κ3) is 3.82. The van der Waals surface area contributed by atoms with Gasteiger partial charge >= 0.3 is 0 Å². The topological polar surface area (TPSA) is 44.6 Å². The van der Waals surface area contributed by atoms with Gasteiger partial charge in [0, 0.05) is 23.7 Å². The van der Waals surface area contributed by atoms with Crippen LogP contribution in [0.2, 0.25) is 0 Å². The van der Waals surface area contributed by atoms with E-state index in [0.717, 1.165) is 28.8 Å². The monoisotopic (exact) mass is 374 g/mol. The lowest BCUT2D eigenvalue weighted by molar-refractivity contribution is 0.412. The van der Waals surface area contributed by atoms with Gasteiger partial charge in [0.15, 0.2) is 0 Å². The molecule has 28 heavy (non-hydrogen) atoms. The third-order valence-corrected chi connectivity index (χ3v) is 5.21. The minimum atomic E-state index is -0.380. The summed E-state index contributed by atoms with van der Waals surface area (Å²) in [5.74, 6) is -0.0337. The second-order valence-electron chi connectivity index (χ2n) is 7.07. The zero-order chi connectivity index (χ0) is 19.5. The van der Waals surface area contributed by atoms with E-state index in [9.17, 15) is 9.50 Å². The maximum atomic E-state index is 13.8. The Kier molecular flexibility index (Phi) is 5.22. The highest BCUT2D eigenvalue weighted by atomic mass is 19.1. The highest BCUT2D eigenvalue weighted by Gasteiger charge is 2.27. The summed E-state index contributed by atoms with van der Waals surface area (Å²) in [6.45, 7) is 2.13. The van der Waals surface area contributed by atoms with Crippen LogP contribution < -0.4 is 5.32 Å². The fourth-order valence-corrected chi connectivity index (χ4v) is 3.64. The largest absolute Gasteiger partial charge is 0.508 e. The lowest BCUT2D eigenvalue weighted by Crippen LogP contribution is -2.33. The number of phenolic OH excluding ortho intramolecular Hbond substituents is 1. The van der Waals surface area contributed by atoms with Crippen molar-refractivity contribution in [2.24, 2.45) is 4.99 Å². The van der Waals surface area contributed by atoms with Crippen molar-refractivity contribution < 1.29 is 9.50 Å². The molecule has 0 bridgehead atoms. The Morgan fingerprint density at radius 3 is 2.54 bits per heavy atom. The van der Waals surface area contributed by atoms with Crippen LogP contribution in [-0.4, -0.2) is 10.8 Å². The molecule has 0 saturated carbocycles. The molecule has 0 saturated heterocycles. The number of halogens is 1. The van der Waals surface area contributed by atoms with Crippen LogP contribution in [0.25, 0.3) is 0 Å². The van der Waals surface area contributed by atoms with Crippen molar-refractivity contribution in [2.45, 2.75) is 32.0 Å². The number of para-hydroxylation sites is 1. The third-order valence-electron chi connectivity index (χ3n) is 5.21. The van der Waals surface area contributed by atoms with E-state index < -0.39 is 0 Å². The summed E-state index contributed by atoms with van der Waals surface area (Å²) in [6, 6.07) is 22.1. The maximum absolute atomic E-state index is 13.8. The van der Waals surface area contributed by atoms with Gasteiger partial charge in [0.2, 0.25) is 0 Å². The molecule has 2 atom stereocenters. The van der Waals surface area contributed by atoms with E-state index in [-0.39, 0.29) is 23.8 Å². The second-order valence-corrected chi connectivity index (χ2v) is 7.07. The summed E-state index contributed by atoms with van der Waals surface area (Å²) >= 11 is 0. The van der Waals surface area contributed by atoms with Gasteiger partial charge in [0.1, 0.15) is 17.7 Å². The van der Waals surface area contributed by atoms with E-state index in [4.69, 9.17) is 4.99 Å². The molecule has 1 aliphatic rings. The lowest BCUT2D eigenvalue weighted by atomic mass is 9.93. The summed E-state index contributed by atoms with van der Waals surface area (Å²) in [4.78, 5) is 4.88. The number of phenols is 1. The fourth-order valence-electron chi connectivity index (χ4n) is 3.64. The number of benzene rings is 3. The first-order chi connectivity index (χ1) is 13.6. The normalized spacial score (nSPS) is 19.3. The van der Waals surface area contributed by atoms with E-state index >= 15 is 0 Å². The molecule has 3 aromatic rings. The summed E-state index contributed by atoms with van der Waals surface area (Å²) in [7, 11) is 0. The maximum Gasteiger partial charge on any atom is 0.126 e. The van der Waals surface area contributed by atoms with E-state index in [1.165, 1.54) is 17.7 Å². The quantitative estimate of drug-likeness (QED) is 0.649. The number of nitrogens with one attached hydrogen (secondary N) is 1. The molecule has 2 unspecified atom stereocenters. The van der Waals surface area contributed by atoms with Gasteiger partial charge in [-0.1, -0.05) is 61.5 Å². The molecule has 0 aromatic heterocycles. The van der Waals surface area contributed by atoms with Crippen LogP contribution in [0.15, 0.2) is 77.8 Å². The molecule has 3 nitrogen and oxygen atoms in total. The SMILES string of the molecule is CCc1ccc(C2=NC(c3cccc(F)c3)NC(c3ccccc3O)C2)cc1. The van der Waals surface area contributed by atoms with Gasteiger partial charge in [-0.05, 0) is 41.3 Å². The molecule has 3 aromatic carbocycles. The number of aryl methyl sites for hydroxylation is 1. The first kappa shape index (κ1) is 18.4. The van der Waals surface area contributed by atoms with Gasteiger partial charge in [-0.2, -0.15) is 0 Å². The lowest BCUT2D eigenvalue weighted by Gasteiger charge is -2.31. The van der Waals surface area contributed by atoms with E-state index in [0.29, 0.717) is 6.42 Å². The van der Waals surface area contributed by atoms with E-state index in [1.807, 2.05) is 24.3 Å². The summed E-state index contributed by atoms with van der Waals surface area (Å²) in [6.07, 6.45) is 1.25. The predicted molar refractivity (Wildman–Crippen MR) is 110 cm³/mol. The average molecular weight is 374 g/mol. The van der Waals surface area contributed by atoms with Gasteiger partial charge < -0.3 is 5.11 Å². The van der Waals surface area contributed by atoms with Crippen molar-refractivity contribution in [1.29, 1.82) is 0 Å². The Labute approximate surface area is 164 Å². The molecule has 0 fully saturated rings. The standard InChI is InChI=1S/C24H23FN2O/c1-2-16-10-12-17(13-11-16)21-15-22(20-8-3-4-9-23(20)28)27-24(26-21)18-6-5-7-19(25)14-18/h3-14,22,24,27-28H,2,15H2,1H3. The van der Waals surface area contributed by atoms with Gasteiger partial charge in [-0.15, -0.1) is 0 Å². The molecule has 2 N–H and O–H groups in total. The zero-order valence-electron chi connectivity index (χ0n) is 15.8. The van der Waals surface area contributed by atoms with Gasteiger partial charge in [0.25, 0.3) is 0 Å². The average Bonchev–Trinajstić information content (AvgIpc) is 2.74. The Bertz CT molecular complexity index is 997. The van der Waals surface area contributed by atoms with Gasteiger partial charge in [0.05, 0.1) is 0 Å². The number of aromatic hydroxyl groups is 1. The molecule has 4 rings (SSSR count). The Morgan fingerprint density at radius 1 is 1.04 bits per heavy atom. The smallest absolute Gasteiger partial charge is 0.126 e. The van der Waals surface area contributed by atoms with Crippen LogP contribution in [0.1, 0.15) is 47.8 Å². The van der Waals surface area contributed by atoms with Gasteiger partial charge in [-0.25, -0.2) is 4.39 Å². The first-order valence-electron chi connectivity index (χ1n) is 9.59. The van der Waals surface area contributed by atoms with Crippen molar-refractivity contribution in [2.75, 3.05) is 0 Å². The number of aliphatic imine (C=N–C) groups is 1. The molecular formula is C24H23FN2O. The van der Waals surface area contributed by atoms with Crippen LogP contribution in [-0.2, 0) is 6.42 Å². The van der Waals surface area contributed by atoms with Crippen molar-refractivity contribution in [1.82, 2.24) is 5.32 Å². The van der Waals surface area contributed by atoms with Crippen LogP contribution in [0.5, 0.6) is 5.75 Å². The molecule has 0 radical (unpaired) electrons. The number of hydrogen-bond donors (Lipinski definition) is 2. The van der Waals surface area contributed by atoms with Crippen LogP contribution >= 0.6 is 0 Å². The summed E-state index contributed by atoms with van der Waals surface area (Å²) in [5, 5.41) is 13.8. The Balaban J connectivity index is 1.74. The summed E-state index contributed by atoms with van der Waals surface area (Å²) in [5.41, 5.74) is 4.87. The predicted octanol–water partition coefficient (Wildman–Crippen LogP) is 5.32. The highest BCUT2D eigenvalue weighted by molar-refractivity contribution is 6.01. The molecule has 4 heteroatoms. The minimum Gasteiger partial charge on any atom is -0.508 e. The zero-order valence-corrected chi connectivity index (χ0v) is 15.8. The van der Waals surface area contributed by atoms with E-state index in [1.54, 1.807) is 12.1 Å².